The van der Waals surface area contributed by atoms with Gasteiger partial charge in [0.15, 0.2) is 0 Å². The first kappa shape index (κ1) is 11.1. The second kappa shape index (κ2) is 4.05. The van der Waals surface area contributed by atoms with Crippen LogP contribution < -0.4 is 11.5 Å². The van der Waals surface area contributed by atoms with Crippen molar-refractivity contribution in [1.82, 2.24) is 0 Å². The normalized spacial score (nSPS) is 11.6. The Kier molecular flexibility index (Phi) is 3.22. The lowest BCUT2D eigenvalue weighted by atomic mass is 10.1. The van der Waals surface area contributed by atoms with Gasteiger partial charge < -0.3 is 11.5 Å². The fourth-order valence-electron chi connectivity index (χ4n) is 1.17. The van der Waals surface area contributed by atoms with Gasteiger partial charge in [0.25, 0.3) is 10.1 Å². The van der Waals surface area contributed by atoms with Crippen molar-refractivity contribution >= 4 is 10.1 Å². The highest BCUT2D eigenvalue weighted by Crippen LogP contribution is 2.16. The Balaban J connectivity index is 3.33. The van der Waals surface area contributed by atoms with Crippen molar-refractivity contribution in [2.24, 2.45) is 11.5 Å². The Hall–Kier alpha value is -0.950. The second-order valence-corrected chi connectivity index (χ2v) is 4.22. The van der Waals surface area contributed by atoms with Crippen LogP contribution in [0.25, 0.3) is 0 Å². The topological polar surface area (TPSA) is 106 Å². The molecule has 78 valence electrons. The first-order valence-corrected chi connectivity index (χ1v) is 5.42. The van der Waals surface area contributed by atoms with Crippen molar-refractivity contribution in [2.45, 2.75) is 18.0 Å². The molecule has 0 spiro atoms. The van der Waals surface area contributed by atoms with Crippen molar-refractivity contribution in [1.29, 1.82) is 0 Å². The van der Waals surface area contributed by atoms with Gasteiger partial charge in [-0.05, 0) is 17.2 Å². The van der Waals surface area contributed by atoms with Crippen molar-refractivity contribution in [3.8, 4) is 0 Å². The number of hydrogen-bond acceptors (Lipinski definition) is 4. The van der Waals surface area contributed by atoms with Crippen LogP contribution in [-0.2, 0) is 23.2 Å². The van der Waals surface area contributed by atoms with Crippen molar-refractivity contribution in [3.05, 3.63) is 29.3 Å². The van der Waals surface area contributed by atoms with Gasteiger partial charge in [0.2, 0.25) is 0 Å². The molecular weight excluding hydrogens is 204 g/mol. The fraction of sp³-hybridized carbons (Fsp3) is 0.250. The second-order valence-electron chi connectivity index (χ2n) is 2.83. The van der Waals surface area contributed by atoms with E-state index in [1.807, 2.05) is 0 Å². The molecule has 0 bridgehead atoms. The minimum absolute atomic E-state index is 0.0446. The third kappa shape index (κ3) is 2.30. The largest absolute Gasteiger partial charge is 0.326 e. The maximum atomic E-state index is 10.9. The molecule has 0 aliphatic rings. The molecule has 1 rings (SSSR count). The van der Waals surface area contributed by atoms with Crippen molar-refractivity contribution < 1.29 is 13.0 Å². The molecule has 6 heteroatoms. The van der Waals surface area contributed by atoms with Crippen LogP contribution in [0.2, 0.25) is 0 Å². The van der Waals surface area contributed by atoms with Gasteiger partial charge in [-0.3, -0.25) is 4.55 Å². The molecule has 1 aromatic carbocycles. The van der Waals surface area contributed by atoms with Gasteiger partial charge in [-0.15, -0.1) is 0 Å². The molecule has 0 aromatic heterocycles. The van der Waals surface area contributed by atoms with Crippen LogP contribution in [0.5, 0.6) is 0 Å². The van der Waals surface area contributed by atoms with E-state index in [1.54, 1.807) is 12.1 Å². The van der Waals surface area contributed by atoms with Gasteiger partial charge in [-0.25, -0.2) is 0 Å². The van der Waals surface area contributed by atoms with Crippen molar-refractivity contribution in [3.63, 3.8) is 0 Å². The molecule has 0 aliphatic heterocycles. The molecule has 0 saturated heterocycles. The van der Waals surface area contributed by atoms with Crippen LogP contribution in [0.4, 0.5) is 0 Å². The highest BCUT2D eigenvalue weighted by Gasteiger charge is 2.14. The maximum absolute atomic E-state index is 10.9. The minimum atomic E-state index is -4.19. The standard InChI is InChI=1S/C8H12N2O3S/c9-4-6-1-2-8(14(11,12)13)7(3-6)5-10/h1-3H,4-5,9-10H2,(H,11,12,13). The van der Waals surface area contributed by atoms with Gasteiger partial charge in [-0.2, -0.15) is 8.42 Å². The molecule has 0 radical (unpaired) electrons. The smallest absolute Gasteiger partial charge is 0.294 e. The summed E-state index contributed by atoms with van der Waals surface area (Å²) in [7, 11) is -4.19. The van der Waals surface area contributed by atoms with E-state index in [2.05, 4.69) is 0 Å². The van der Waals surface area contributed by atoms with E-state index in [1.165, 1.54) is 6.07 Å². The van der Waals surface area contributed by atoms with E-state index >= 15 is 0 Å². The minimum Gasteiger partial charge on any atom is -0.326 e. The van der Waals surface area contributed by atoms with Gasteiger partial charge in [-0.1, -0.05) is 12.1 Å². The number of nitrogens with two attached hydrogens (primary N) is 2. The van der Waals surface area contributed by atoms with Gasteiger partial charge in [0.1, 0.15) is 0 Å². The molecule has 0 fully saturated rings. The summed E-state index contributed by atoms with van der Waals surface area (Å²) in [5.41, 5.74) is 11.9. The van der Waals surface area contributed by atoms with E-state index in [0.29, 0.717) is 12.1 Å². The molecule has 14 heavy (non-hydrogen) atoms. The molecule has 0 aliphatic carbocycles. The molecule has 0 unspecified atom stereocenters. The lowest BCUT2D eigenvalue weighted by Gasteiger charge is -2.06. The Morgan fingerprint density at radius 2 is 1.86 bits per heavy atom. The zero-order chi connectivity index (χ0) is 10.8. The predicted molar refractivity (Wildman–Crippen MR) is 52.0 cm³/mol. The van der Waals surface area contributed by atoms with E-state index in [9.17, 15) is 8.42 Å². The summed E-state index contributed by atoms with van der Waals surface area (Å²) in [5, 5.41) is 0. The molecule has 0 heterocycles. The van der Waals surface area contributed by atoms with E-state index < -0.39 is 10.1 Å². The van der Waals surface area contributed by atoms with Crippen LogP contribution in [0.3, 0.4) is 0 Å². The molecule has 1 aromatic rings. The first-order valence-electron chi connectivity index (χ1n) is 3.98. The summed E-state index contributed by atoms with van der Waals surface area (Å²) in [6, 6.07) is 4.42. The van der Waals surface area contributed by atoms with Crippen LogP contribution in [0.1, 0.15) is 11.1 Å². The van der Waals surface area contributed by atoms with Crippen LogP contribution in [-0.4, -0.2) is 13.0 Å². The highest BCUT2D eigenvalue weighted by molar-refractivity contribution is 7.85. The summed E-state index contributed by atoms with van der Waals surface area (Å²) >= 11 is 0. The quantitative estimate of drug-likeness (QED) is 0.609. The Bertz CT molecular complexity index is 428. The first-order chi connectivity index (χ1) is 6.49. The number of benzene rings is 1. The summed E-state index contributed by atoms with van der Waals surface area (Å²) in [6.07, 6.45) is 0. The lowest BCUT2D eigenvalue weighted by molar-refractivity contribution is 0.482. The SMILES string of the molecule is NCc1ccc(S(=O)(=O)O)c(CN)c1. The van der Waals surface area contributed by atoms with Crippen LogP contribution in [0, 0.1) is 0 Å². The number of rotatable bonds is 3. The van der Waals surface area contributed by atoms with E-state index in [4.69, 9.17) is 16.0 Å². The van der Waals surface area contributed by atoms with Gasteiger partial charge in [0.05, 0.1) is 4.90 Å². The molecule has 5 nitrogen and oxygen atoms in total. The predicted octanol–water partition coefficient (Wildman–Crippen LogP) is -0.149. The average molecular weight is 216 g/mol. The zero-order valence-corrected chi connectivity index (χ0v) is 8.29. The Morgan fingerprint density at radius 1 is 1.21 bits per heavy atom. The Labute approximate surface area is 82.5 Å². The molecule has 0 saturated carbocycles. The summed E-state index contributed by atoms with van der Waals surface area (Å²) < 4.78 is 30.6. The number of hydrogen-bond donors (Lipinski definition) is 3. The summed E-state index contributed by atoms with van der Waals surface area (Å²) in [6.45, 7) is 0.349. The van der Waals surface area contributed by atoms with Gasteiger partial charge in [0, 0.05) is 13.1 Å². The lowest BCUT2D eigenvalue weighted by Crippen LogP contribution is -2.08. The maximum Gasteiger partial charge on any atom is 0.294 e. The van der Waals surface area contributed by atoms with Crippen molar-refractivity contribution in [2.75, 3.05) is 0 Å². The van der Waals surface area contributed by atoms with E-state index in [0.717, 1.165) is 5.56 Å². The summed E-state index contributed by atoms with van der Waals surface area (Å²) in [4.78, 5) is -0.155. The fourth-order valence-corrected chi connectivity index (χ4v) is 1.88. The average Bonchev–Trinajstić information content (AvgIpc) is 2.15. The van der Waals surface area contributed by atoms with E-state index in [-0.39, 0.29) is 11.4 Å². The third-order valence-corrected chi connectivity index (χ3v) is 2.81. The highest BCUT2D eigenvalue weighted by atomic mass is 32.2. The summed E-state index contributed by atoms with van der Waals surface area (Å²) in [5.74, 6) is 0. The molecule has 5 N–H and O–H groups in total. The van der Waals surface area contributed by atoms with Crippen LogP contribution >= 0.6 is 0 Å². The Morgan fingerprint density at radius 3 is 2.29 bits per heavy atom. The molecule has 0 atom stereocenters. The van der Waals surface area contributed by atoms with Crippen LogP contribution in [0.15, 0.2) is 23.1 Å². The monoisotopic (exact) mass is 216 g/mol. The third-order valence-electron chi connectivity index (χ3n) is 1.86. The van der Waals surface area contributed by atoms with Gasteiger partial charge >= 0.3 is 0 Å². The zero-order valence-electron chi connectivity index (χ0n) is 7.47. The molecular formula is C8H12N2O3S. The molecule has 0 amide bonds.